The van der Waals surface area contributed by atoms with Gasteiger partial charge in [-0.2, -0.15) is 0 Å². The minimum atomic E-state index is -0.469. The Bertz CT molecular complexity index is 861. The second-order valence-electron chi connectivity index (χ2n) is 7.40. The van der Waals surface area contributed by atoms with E-state index in [1.54, 1.807) is 24.3 Å². The van der Waals surface area contributed by atoms with Crippen LogP contribution in [0.4, 0.5) is 15.8 Å². The highest BCUT2D eigenvalue weighted by Gasteiger charge is 2.20. The molecule has 0 aromatic heterocycles. The van der Waals surface area contributed by atoms with Gasteiger partial charge >= 0.3 is 0 Å². The van der Waals surface area contributed by atoms with Crippen molar-refractivity contribution in [1.29, 1.82) is 0 Å². The molecule has 3 rings (SSSR count). The molecule has 0 unspecified atom stereocenters. The standard InChI is InChI=1S/C22H26FN3O2/c1-26(2)20-12-11-18(25-21(27)15-7-6-8-16(23)13-15)14-19(20)22(28)24-17-9-4-3-5-10-17/h6-8,11-14,17H,3-5,9-10H2,1-2H3,(H,24,28)(H,25,27). The Labute approximate surface area is 164 Å². The quantitative estimate of drug-likeness (QED) is 0.813. The maximum absolute atomic E-state index is 13.4. The van der Waals surface area contributed by atoms with E-state index in [1.165, 1.54) is 24.6 Å². The minimum absolute atomic E-state index is 0.141. The fourth-order valence-electron chi connectivity index (χ4n) is 3.53. The topological polar surface area (TPSA) is 61.4 Å². The molecular formula is C22H26FN3O2. The molecule has 0 saturated heterocycles. The van der Waals surface area contributed by atoms with Gasteiger partial charge in [0.25, 0.3) is 11.8 Å². The second-order valence-corrected chi connectivity index (χ2v) is 7.40. The molecule has 0 heterocycles. The average Bonchev–Trinajstić information content (AvgIpc) is 2.68. The van der Waals surface area contributed by atoms with Gasteiger partial charge < -0.3 is 15.5 Å². The first-order valence-corrected chi connectivity index (χ1v) is 9.63. The maximum Gasteiger partial charge on any atom is 0.255 e. The number of hydrogen-bond acceptors (Lipinski definition) is 3. The van der Waals surface area contributed by atoms with Crippen molar-refractivity contribution in [2.24, 2.45) is 0 Å². The summed E-state index contributed by atoms with van der Waals surface area (Å²) in [6.45, 7) is 0. The zero-order valence-corrected chi connectivity index (χ0v) is 16.3. The van der Waals surface area contributed by atoms with Gasteiger partial charge in [-0.25, -0.2) is 4.39 Å². The summed E-state index contributed by atoms with van der Waals surface area (Å²) in [5.41, 5.74) is 2.00. The highest BCUT2D eigenvalue weighted by Crippen LogP contribution is 2.25. The van der Waals surface area contributed by atoms with E-state index >= 15 is 0 Å². The molecule has 0 aliphatic heterocycles. The van der Waals surface area contributed by atoms with Gasteiger partial charge in [-0.15, -0.1) is 0 Å². The number of halogens is 1. The van der Waals surface area contributed by atoms with Gasteiger partial charge in [0.05, 0.1) is 5.56 Å². The molecule has 2 N–H and O–H groups in total. The maximum atomic E-state index is 13.4. The average molecular weight is 383 g/mol. The van der Waals surface area contributed by atoms with Crippen molar-refractivity contribution in [2.45, 2.75) is 38.1 Å². The van der Waals surface area contributed by atoms with E-state index in [0.717, 1.165) is 31.4 Å². The molecular weight excluding hydrogens is 357 g/mol. The van der Waals surface area contributed by atoms with Crippen LogP contribution in [0.5, 0.6) is 0 Å². The molecule has 28 heavy (non-hydrogen) atoms. The molecule has 1 saturated carbocycles. The molecule has 1 aliphatic rings. The number of anilines is 2. The Balaban J connectivity index is 1.80. The number of amides is 2. The van der Waals surface area contributed by atoms with Crippen LogP contribution in [-0.2, 0) is 0 Å². The number of nitrogens with zero attached hydrogens (tertiary/aromatic N) is 1. The number of carbonyl (C=O) groups excluding carboxylic acids is 2. The lowest BCUT2D eigenvalue weighted by molar-refractivity contribution is 0.0927. The smallest absolute Gasteiger partial charge is 0.255 e. The Morgan fingerprint density at radius 2 is 1.75 bits per heavy atom. The third-order valence-electron chi connectivity index (χ3n) is 5.01. The lowest BCUT2D eigenvalue weighted by Gasteiger charge is -2.24. The molecule has 2 amide bonds. The number of hydrogen-bond donors (Lipinski definition) is 2. The molecule has 2 aromatic carbocycles. The van der Waals surface area contributed by atoms with Gasteiger partial charge in [0.2, 0.25) is 0 Å². The first-order chi connectivity index (χ1) is 13.4. The monoisotopic (exact) mass is 383 g/mol. The van der Waals surface area contributed by atoms with Crippen LogP contribution in [-0.4, -0.2) is 32.0 Å². The van der Waals surface area contributed by atoms with Crippen LogP contribution in [0.1, 0.15) is 52.8 Å². The fraction of sp³-hybridized carbons (Fsp3) is 0.364. The Morgan fingerprint density at radius 3 is 2.43 bits per heavy atom. The fourth-order valence-corrected chi connectivity index (χ4v) is 3.53. The summed E-state index contributed by atoms with van der Waals surface area (Å²) in [5.74, 6) is -1.03. The van der Waals surface area contributed by atoms with Crippen LogP contribution in [0.25, 0.3) is 0 Å². The summed E-state index contributed by atoms with van der Waals surface area (Å²) in [6.07, 6.45) is 5.49. The summed E-state index contributed by atoms with van der Waals surface area (Å²) >= 11 is 0. The van der Waals surface area contributed by atoms with Crippen LogP contribution in [0, 0.1) is 5.82 Å². The van der Waals surface area contributed by atoms with E-state index in [1.807, 2.05) is 19.0 Å². The molecule has 0 radical (unpaired) electrons. The molecule has 0 bridgehead atoms. The zero-order valence-electron chi connectivity index (χ0n) is 16.3. The molecule has 1 aliphatic carbocycles. The summed E-state index contributed by atoms with van der Waals surface area (Å²) in [7, 11) is 3.75. The first kappa shape index (κ1) is 19.9. The van der Waals surface area contributed by atoms with Crippen LogP contribution in [0.15, 0.2) is 42.5 Å². The first-order valence-electron chi connectivity index (χ1n) is 9.63. The summed E-state index contributed by atoms with van der Waals surface area (Å²) in [6, 6.07) is 10.9. The molecule has 2 aromatic rings. The molecule has 1 fully saturated rings. The van der Waals surface area contributed by atoms with Crippen molar-refractivity contribution in [1.82, 2.24) is 5.32 Å². The molecule has 6 heteroatoms. The van der Waals surface area contributed by atoms with Crippen LogP contribution < -0.4 is 15.5 Å². The van der Waals surface area contributed by atoms with E-state index in [-0.39, 0.29) is 17.5 Å². The number of carbonyl (C=O) groups is 2. The normalized spacial score (nSPS) is 14.4. The summed E-state index contributed by atoms with van der Waals surface area (Å²) in [4.78, 5) is 27.2. The Kier molecular flexibility index (Phi) is 6.29. The number of benzene rings is 2. The van der Waals surface area contributed by atoms with Crippen LogP contribution in [0.3, 0.4) is 0 Å². The van der Waals surface area contributed by atoms with E-state index < -0.39 is 11.7 Å². The van der Waals surface area contributed by atoms with Gasteiger partial charge in [0.1, 0.15) is 5.82 Å². The largest absolute Gasteiger partial charge is 0.377 e. The third-order valence-corrected chi connectivity index (χ3v) is 5.01. The summed E-state index contributed by atoms with van der Waals surface area (Å²) < 4.78 is 13.4. The van der Waals surface area contributed by atoms with E-state index in [9.17, 15) is 14.0 Å². The number of rotatable bonds is 5. The van der Waals surface area contributed by atoms with Crippen molar-refractivity contribution >= 4 is 23.2 Å². The summed E-state index contributed by atoms with van der Waals surface area (Å²) in [5, 5.41) is 5.87. The second kappa shape index (κ2) is 8.87. The Morgan fingerprint density at radius 1 is 1.00 bits per heavy atom. The predicted octanol–water partition coefficient (Wildman–Crippen LogP) is 4.21. The molecule has 0 atom stereocenters. The highest BCUT2D eigenvalue weighted by molar-refractivity contribution is 6.06. The van der Waals surface area contributed by atoms with Crippen molar-refractivity contribution in [3.05, 3.63) is 59.4 Å². The van der Waals surface area contributed by atoms with E-state index in [2.05, 4.69) is 10.6 Å². The zero-order chi connectivity index (χ0) is 20.1. The minimum Gasteiger partial charge on any atom is -0.377 e. The highest BCUT2D eigenvalue weighted by atomic mass is 19.1. The van der Waals surface area contributed by atoms with Gasteiger partial charge in [-0.1, -0.05) is 25.3 Å². The van der Waals surface area contributed by atoms with Gasteiger partial charge in [-0.05, 0) is 49.2 Å². The SMILES string of the molecule is CN(C)c1ccc(NC(=O)c2cccc(F)c2)cc1C(=O)NC1CCCCC1. The van der Waals surface area contributed by atoms with Crippen molar-refractivity contribution in [3.63, 3.8) is 0 Å². The van der Waals surface area contributed by atoms with E-state index in [4.69, 9.17) is 0 Å². The predicted molar refractivity (Wildman–Crippen MR) is 109 cm³/mol. The van der Waals surface area contributed by atoms with Gasteiger partial charge in [-0.3, -0.25) is 9.59 Å². The van der Waals surface area contributed by atoms with Crippen molar-refractivity contribution in [2.75, 3.05) is 24.3 Å². The third kappa shape index (κ3) is 4.88. The van der Waals surface area contributed by atoms with Crippen molar-refractivity contribution < 1.29 is 14.0 Å². The molecule has 148 valence electrons. The van der Waals surface area contributed by atoms with Crippen molar-refractivity contribution in [3.8, 4) is 0 Å². The van der Waals surface area contributed by atoms with E-state index in [0.29, 0.717) is 11.3 Å². The van der Waals surface area contributed by atoms with Gasteiger partial charge in [0.15, 0.2) is 0 Å². The Hall–Kier alpha value is -2.89. The lowest BCUT2D eigenvalue weighted by atomic mass is 9.95. The van der Waals surface area contributed by atoms with Crippen LogP contribution >= 0.6 is 0 Å². The lowest BCUT2D eigenvalue weighted by Crippen LogP contribution is -2.36. The van der Waals surface area contributed by atoms with Crippen LogP contribution in [0.2, 0.25) is 0 Å². The van der Waals surface area contributed by atoms with Gasteiger partial charge in [0, 0.05) is 37.1 Å². The molecule has 5 nitrogen and oxygen atoms in total. The molecule has 0 spiro atoms. The number of nitrogens with one attached hydrogen (secondary N) is 2.